The molecule has 0 saturated carbocycles. The third-order valence-corrected chi connectivity index (χ3v) is 4.18. The summed E-state index contributed by atoms with van der Waals surface area (Å²) in [6.45, 7) is 2.32. The van der Waals surface area contributed by atoms with Crippen LogP contribution in [0, 0.1) is 11.3 Å². The smallest absolute Gasteiger partial charge is 0.331 e. The summed E-state index contributed by atoms with van der Waals surface area (Å²) in [4.78, 5) is 24.3. The van der Waals surface area contributed by atoms with Crippen LogP contribution in [0.5, 0.6) is 17.2 Å². The Kier molecular flexibility index (Phi) is 6.55. The Morgan fingerprint density at radius 2 is 2.03 bits per heavy atom. The molecule has 154 valence electrons. The first-order valence-corrected chi connectivity index (χ1v) is 9.17. The molecule has 1 N–H and O–H groups in total. The number of carbonyl (C=O) groups is 2. The Hall–Kier alpha value is -3.99. The average molecular weight is 408 g/mol. The van der Waals surface area contributed by atoms with E-state index in [1.54, 1.807) is 30.3 Å². The highest BCUT2D eigenvalue weighted by Gasteiger charge is 2.19. The van der Waals surface area contributed by atoms with Crippen LogP contribution in [-0.4, -0.2) is 38.3 Å². The molecule has 1 heterocycles. The Balaban J connectivity index is 1.61. The predicted octanol–water partition coefficient (Wildman–Crippen LogP) is 2.92. The van der Waals surface area contributed by atoms with Crippen molar-refractivity contribution in [2.24, 2.45) is 0 Å². The summed E-state index contributed by atoms with van der Waals surface area (Å²) in [6.07, 6.45) is 1.72. The predicted molar refractivity (Wildman–Crippen MR) is 108 cm³/mol. The number of esters is 1. The van der Waals surface area contributed by atoms with E-state index in [1.807, 2.05) is 6.07 Å². The number of nitrogens with zero attached hydrogens (tertiary/aromatic N) is 1. The number of hydrogen-bond acceptors (Lipinski definition) is 7. The van der Waals surface area contributed by atoms with Crippen molar-refractivity contribution in [2.45, 2.75) is 13.0 Å². The lowest BCUT2D eigenvalue weighted by Crippen LogP contribution is -2.29. The van der Waals surface area contributed by atoms with Gasteiger partial charge in [-0.25, -0.2) is 4.79 Å². The normalized spacial score (nSPS) is 13.2. The second-order valence-electron chi connectivity index (χ2n) is 6.34. The van der Waals surface area contributed by atoms with Crippen LogP contribution in [0.3, 0.4) is 0 Å². The zero-order chi connectivity index (χ0) is 21.5. The molecule has 0 aliphatic carbocycles. The van der Waals surface area contributed by atoms with Gasteiger partial charge in [0.15, 0.2) is 17.6 Å². The number of nitrogens with one attached hydrogen (secondary N) is 1. The van der Waals surface area contributed by atoms with E-state index in [9.17, 15) is 9.59 Å². The molecule has 3 rings (SSSR count). The Bertz CT molecular complexity index is 1010. The van der Waals surface area contributed by atoms with Gasteiger partial charge in [-0.2, -0.15) is 5.26 Å². The van der Waals surface area contributed by atoms with E-state index < -0.39 is 18.0 Å². The SMILES string of the molecule is COc1cc(/C=C/C(=O)O[C@@H](C)C(=O)Nc2cccc(C#N)c2)cc2c1OCCO2. The summed E-state index contributed by atoms with van der Waals surface area (Å²) in [5, 5.41) is 11.5. The maximum absolute atomic E-state index is 12.2. The number of benzene rings is 2. The van der Waals surface area contributed by atoms with E-state index in [1.165, 1.54) is 32.3 Å². The average Bonchev–Trinajstić information content (AvgIpc) is 2.77. The first-order valence-electron chi connectivity index (χ1n) is 9.17. The molecule has 30 heavy (non-hydrogen) atoms. The summed E-state index contributed by atoms with van der Waals surface area (Å²) in [5.74, 6) is 0.355. The lowest BCUT2D eigenvalue weighted by Gasteiger charge is -2.20. The molecule has 1 aliphatic rings. The number of rotatable bonds is 6. The number of carbonyl (C=O) groups excluding carboxylic acids is 2. The molecule has 8 nitrogen and oxygen atoms in total. The van der Waals surface area contributed by atoms with Gasteiger partial charge in [0, 0.05) is 11.8 Å². The number of amides is 1. The largest absolute Gasteiger partial charge is 0.493 e. The van der Waals surface area contributed by atoms with E-state index >= 15 is 0 Å². The fraction of sp³-hybridized carbons (Fsp3) is 0.227. The van der Waals surface area contributed by atoms with Crippen molar-refractivity contribution in [1.29, 1.82) is 5.26 Å². The van der Waals surface area contributed by atoms with Crippen molar-refractivity contribution in [3.63, 3.8) is 0 Å². The van der Waals surface area contributed by atoms with Crippen LogP contribution in [0.1, 0.15) is 18.1 Å². The summed E-state index contributed by atoms with van der Waals surface area (Å²) in [5.41, 5.74) is 1.51. The van der Waals surface area contributed by atoms with Crippen molar-refractivity contribution in [3.05, 3.63) is 53.6 Å². The van der Waals surface area contributed by atoms with Gasteiger partial charge in [-0.1, -0.05) is 6.07 Å². The molecule has 2 aromatic rings. The van der Waals surface area contributed by atoms with E-state index in [-0.39, 0.29) is 0 Å². The van der Waals surface area contributed by atoms with Gasteiger partial charge in [-0.05, 0) is 48.9 Å². The summed E-state index contributed by atoms with van der Waals surface area (Å²) < 4.78 is 21.5. The van der Waals surface area contributed by atoms with Crippen LogP contribution in [0.4, 0.5) is 5.69 Å². The molecule has 1 atom stereocenters. The molecule has 0 unspecified atom stereocenters. The molecular formula is C22H20N2O6. The monoisotopic (exact) mass is 408 g/mol. The van der Waals surface area contributed by atoms with Gasteiger partial charge in [-0.3, -0.25) is 4.79 Å². The minimum absolute atomic E-state index is 0.412. The lowest BCUT2D eigenvalue weighted by atomic mass is 10.1. The van der Waals surface area contributed by atoms with Crippen LogP contribution in [0.25, 0.3) is 6.08 Å². The van der Waals surface area contributed by atoms with E-state index in [2.05, 4.69) is 5.32 Å². The van der Waals surface area contributed by atoms with Crippen LogP contribution in [0.2, 0.25) is 0 Å². The third-order valence-electron chi connectivity index (χ3n) is 4.18. The minimum atomic E-state index is -1.03. The van der Waals surface area contributed by atoms with Gasteiger partial charge in [0.05, 0.1) is 18.7 Å². The van der Waals surface area contributed by atoms with E-state index in [0.29, 0.717) is 47.3 Å². The van der Waals surface area contributed by atoms with E-state index in [4.69, 9.17) is 24.2 Å². The molecule has 8 heteroatoms. The van der Waals surface area contributed by atoms with Crippen molar-refractivity contribution in [3.8, 4) is 23.3 Å². The highest BCUT2D eigenvalue weighted by Crippen LogP contribution is 2.40. The van der Waals surface area contributed by atoms with Crippen molar-refractivity contribution < 1.29 is 28.5 Å². The first-order chi connectivity index (χ1) is 14.5. The zero-order valence-electron chi connectivity index (χ0n) is 16.5. The number of nitriles is 1. The highest BCUT2D eigenvalue weighted by atomic mass is 16.6. The molecule has 0 aromatic heterocycles. The maximum atomic E-state index is 12.2. The number of methoxy groups -OCH3 is 1. The van der Waals surface area contributed by atoms with Crippen molar-refractivity contribution in [2.75, 3.05) is 25.6 Å². The fourth-order valence-electron chi connectivity index (χ4n) is 2.73. The molecule has 0 fully saturated rings. The maximum Gasteiger partial charge on any atom is 0.331 e. The van der Waals surface area contributed by atoms with Crippen LogP contribution >= 0.6 is 0 Å². The minimum Gasteiger partial charge on any atom is -0.493 e. The van der Waals surface area contributed by atoms with Gasteiger partial charge in [0.2, 0.25) is 5.75 Å². The van der Waals surface area contributed by atoms with Gasteiger partial charge < -0.3 is 24.3 Å². The second-order valence-corrected chi connectivity index (χ2v) is 6.34. The third kappa shape index (κ3) is 5.08. The molecule has 0 saturated heterocycles. The number of ether oxygens (including phenoxy) is 4. The Morgan fingerprint density at radius 3 is 2.80 bits per heavy atom. The Labute approximate surface area is 173 Å². The molecule has 0 spiro atoms. The molecule has 1 aliphatic heterocycles. The lowest BCUT2D eigenvalue weighted by molar-refractivity contribution is -0.148. The first kappa shape index (κ1) is 20.7. The standard InChI is InChI=1S/C22H20N2O6/c1-14(22(26)24-17-5-3-4-16(10-17)13-23)30-20(25)7-6-15-11-18(27-2)21-19(12-15)28-8-9-29-21/h3-7,10-12,14H,8-9H2,1-2H3,(H,24,26)/b7-6+/t14-/m0/s1. The number of anilines is 1. The quantitative estimate of drug-likeness (QED) is 0.578. The molecule has 0 bridgehead atoms. The topological polar surface area (TPSA) is 107 Å². The second kappa shape index (κ2) is 9.47. The Morgan fingerprint density at radius 1 is 1.23 bits per heavy atom. The number of hydrogen-bond donors (Lipinski definition) is 1. The van der Waals surface area contributed by atoms with Crippen molar-refractivity contribution >= 4 is 23.6 Å². The molecule has 1 amide bonds. The van der Waals surface area contributed by atoms with Crippen LogP contribution in [-0.2, 0) is 14.3 Å². The van der Waals surface area contributed by atoms with Crippen LogP contribution in [0.15, 0.2) is 42.5 Å². The van der Waals surface area contributed by atoms with Gasteiger partial charge in [0.25, 0.3) is 5.91 Å². The van der Waals surface area contributed by atoms with Gasteiger partial charge in [0.1, 0.15) is 13.2 Å². The molecular weight excluding hydrogens is 388 g/mol. The van der Waals surface area contributed by atoms with Crippen LogP contribution < -0.4 is 19.5 Å². The molecule has 2 aromatic carbocycles. The fourth-order valence-corrected chi connectivity index (χ4v) is 2.73. The zero-order valence-corrected chi connectivity index (χ0v) is 16.5. The number of fused-ring (bicyclic) bond motifs is 1. The summed E-state index contributed by atoms with van der Waals surface area (Å²) >= 11 is 0. The summed E-state index contributed by atoms with van der Waals surface area (Å²) in [7, 11) is 1.52. The van der Waals surface area contributed by atoms with Gasteiger partial charge >= 0.3 is 5.97 Å². The highest BCUT2D eigenvalue weighted by molar-refractivity contribution is 5.96. The van der Waals surface area contributed by atoms with E-state index in [0.717, 1.165) is 0 Å². The molecule has 0 radical (unpaired) electrons. The van der Waals surface area contributed by atoms with Gasteiger partial charge in [-0.15, -0.1) is 0 Å². The van der Waals surface area contributed by atoms with Crippen molar-refractivity contribution in [1.82, 2.24) is 0 Å². The summed E-state index contributed by atoms with van der Waals surface area (Å²) in [6, 6.07) is 11.9.